The van der Waals surface area contributed by atoms with E-state index in [9.17, 15) is 0 Å². The SMILES string of the molecule is Br.CCCCCCCCCCCCCCCCSC1=NCCCCN1. The highest BCUT2D eigenvalue weighted by Crippen LogP contribution is 2.14. The number of hydrogen-bond donors (Lipinski definition) is 1. The molecule has 4 heteroatoms. The molecule has 0 bridgehead atoms. The summed E-state index contributed by atoms with van der Waals surface area (Å²) in [5.74, 6) is 1.24. The van der Waals surface area contributed by atoms with E-state index < -0.39 is 0 Å². The van der Waals surface area contributed by atoms with Crippen molar-refractivity contribution in [2.45, 2.75) is 110 Å². The summed E-state index contributed by atoms with van der Waals surface area (Å²) in [5.41, 5.74) is 0. The Hall–Kier alpha value is 0.300. The molecule has 0 fully saturated rings. The van der Waals surface area contributed by atoms with Gasteiger partial charge in [0.05, 0.1) is 0 Å². The van der Waals surface area contributed by atoms with Gasteiger partial charge in [0.2, 0.25) is 0 Å². The molecule has 2 nitrogen and oxygen atoms in total. The second-order valence-electron chi connectivity index (χ2n) is 7.27. The Labute approximate surface area is 172 Å². The van der Waals surface area contributed by atoms with Crippen molar-refractivity contribution in [3.8, 4) is 0 Å². The van der Waals surface area contributed by atoms with Gasteiger partial charge in [-0.05, 0) is 19.3 Å². The van der Waals surface area contributed by atoms with Gasteiger partial charge in [0.15, 0.2) is 5.17 Å². The first-order chi connectivity index (χ1) is 11.9. The van der Waals surface area contributed by atoms with Crippen LogP contribution in [0.2, 0.25) is 0 Å². The van der Waals surface area contributed by atoms with E-state index in [1.807, 2.05) is 11.8 Å². The standard InChI is InChI=1S/C21H42N2S.BrH/c1-2-3-4-5-6-7-8-9-10-11-12-13-14-17-20-24-21-22-18-15-16-19-23-21;/h2-20H2,1H3,(H,22,23);1H. The van der Waals surface area contributed by atoms with Crippen molar-refractivity contribution in [3.63, 3.8) is 0 Å². The predicted octanol–water partition coefficient (Wildman–Crippen LogP) is 7.52. The molecule has 0 aliphatic carbocycles. The summed E-state index contributed by atoms with van der Waals surface area (Å²) in [4.78, 5) is 4.60. The molecule has 1 aliphatic heterocycles. The van der Waals surface area contributed by atoms with E-state index >= 15 is 0 Å². The van der Waals surface area contributed by atoms with E-state index in [4.69, 9.17) is 0 Å². The molecule has 1 heterocycles. The smallest absolute Gasteiger partial charge is 0.156 e. The Morgan fingerprint density at radius 2 is 1.28 bits per heavy atom. The Balaban J connectivity index is 0.00000576. The summed E-state index contributed by atoms with van der Waals surface area (Å²) < 4.78 is 0. The number of hydrogen-bond acceptors (Lipinski definition) is 3. The van der Waals surface area contributed by atoms with Crippen molar-refractivity contribution < 1.29 is 0 Å². The molecule has 0 atom stereocenters. The maximum Gasteiger partial charge on any atom is 0.156 e. The maximum atomic E-state index is 4.60. The van der Waals surface area contributed by atoms with Gasteiger partial charge in [-0.3, -0.25) is 4.99 Å². The van der Waals surface area contributed by atoms with Crippen LogP contribution in [0.1, 0.15) is 110 Å². The lowest BCUT2D eigenvalue weighted by Gasteiger charge is -2.06. The molecule has 0 amide bonds. The minimum atomic E-state index is 0. The van der Waals surface area contributed by atoms with Crippen molar-refractivity contribution in [1.82, 2.24) is 5.32 Å². The number of nitrogens with zero attached hydrogens (tertiary/aromatic N) is 1. The van der Waals surface area contributed by atoms with Gasteiger partial charge in [-0.25, -0.2) is 0 Å². The minimum Gasteiger partial charge on any atom is -0.365 e. The third kappa shape index (κ3) is 17.5. The summed E-state index contributed by atoms with van der Waals surface area (Å²) in [6, 6.07) is 0. The topological polar surface area (TPSA) is 24.4 Å². The molecule has 0 saturated heterocycles. The largest absolute Gasteiger partial charge is 0.365 e. The molecule has 0 aromatic heterocycles. The summed E-state index contributed by atoms with van der Waals surface area (Å²) in [6.07, 6.45) is 22.7. The molecule has 150 valence electrons. The zero-order valence-electron chi connectivity index (χ0n) is 16.7. The highest BCUT2D eigenvalue weighted by atomic mass is 79.9. The normalized spacial score (nSPS) is 14.4. The van der Waals surface area contributed by atoms with Crippen LogP contribution in [-0.2, 0) is 0 Å². The van der Waals surface area contributed by atoms with Gasteiger partial charge in [-0.2, -0.15) is 0 Å². The highest BCUT2D eigenvalue weighted by molar-refractivity contribution is 8.93. The third-order valence-electron chi connectivity index (χ3n) is 4.85. The highest BCUT2D eigenvalue weighted by Gasteiger charge is 2.03. The van der Waals surface area contributed by atoms with Crippen molar-refractivity contribution in [3.05, 3.63) is 0 Å². The number of amidine groups is 1. The van der Waals surface area contributed by atoms with Gasteiger partial charge in [0, 0.05) is 18.8 Å². The Morgan fingerprint density at radius 1 is 0.760 bits per heavy atom. The lowest BCUT2D eigenvalue weighted by atomic mass is 10.0. The van der Waals surface area contributed by atoms with E-state index in [0.717, 1.165) is 13.1 Å². The lowest BCUT2D eigenvalue weighted by Crippen LogP contribution is -2.20. The Bertz CT molecular complexity index is 298. The maximum absolute atomic E-state index is 4.60. The first-order valence-electron chi connectivity index (χ1n) is 10.8. The number of halogens is 1. The summed E-state index contributed by atoms with van der Waals surface area (Å²) >= 11 is 1.93. The number of unbranched alkanes of at least 4 members (excludes halogenated alkanes) is 13. The van der Waals surface area contributed by atoms with E-state index in [1.54, 1.807) is 0 Å². The van der Waals surface area contributed by atoms with Gasteiger partial charge in [-0.15, -0.1) is 17.0 Å². The number of rotatable bonds is 15. The van der Waals surface area contributed by atoms with Crippen LogP contribution >= 0.6 is 28.7 Å². The van der Waals surface area contributed by atoms with Gasteiger partial charge in [-0.1, -0.05) is 102 Å². The number of nitrogens with one attached hydrogen (secondary N) is 1. The monoisotopic (exact) mass is 434 g/mol. The summed E-state index contributed by atoms with van der Waals surface area (Å²) in [5, 5.41) is 4.64. The van der Waals surface area contributed by atoms with Crippen molar-refractivity contribution in [1.29, 1.82) is 0 Å². The van der Waals surface area contributed by atoms with Crippen molar-refractivity contribution in [2.24, 2.45) is 4.99 Å². The van der Waals surface area contributed by atoms with E-state index in [0.29, 0.717) is 0 Å². The van der Waals surface area contributed by atoms with Crippen molar-refractivity contribution >= 4 is 33.9 Å². The molecular weight excluding hydrogens is 392 g/mol. The second kappa shape index (κ2) is 20.6. The molecular formula is C21H43BrN2S. The molecule has 1 aliphatic rings. The van der Waals surface area contributed by atoms with Gasteiger partial charge in [0.25, 0.3) is 0 Å². The van der Waals surface area contributed by atoms with Crippen LogP contribution in [0.4, 0.5) is 0 Å². The van der Waals surface area contributed by atoms with Crippen molar-refractivity contribution in [2.75, 3.05) is 18.8 Å². The van der Waals surface area contributed by atoms with Gasteiger partial charge >= 0.3 is 0 Å². The Morgan fingerprint density at radius 3 is 1.84 bits per heavy atom. The molecule has 0 saturated carbocycles. The first kappa shape index (κ1) is 25.3. The van der Waals surface area contributed by atoms with E-state index in [2.05, 4.69) is 17.2 Å². The fourth-order valence-electron chi connectivity index (χ4n) is 3.23. The number of thioether (sulfide) groups is 1. The quantitative estimate of drug-likeness (QED) is 0.269. The molecule has 1 rings (SSSR count). The second-order valence-corrected chi connectivity index (χ2v) is 8.35. The van der Waals surface area contributed by atoms with Gasteiger partial charge in [0.1, 0.15) is 0 Å². The minimum absolute atomic E-state index is 0. The molecule has 0 spiro atoms. The van der Waals surface area contributed by atoms with Crippen LogP contribution in [0.15, 0.2) is 4.99 Å². The fraction of sp³-hybridized carbons (Fsp3) is 0.952. The van der Waals surface area contributed by atoms with Crippen LogP contribution in [0.5, 0.6) is 0 Å². The predicted molar refractivity (Wildman–Crippen MR) is 123 cm³/mol. The van der Waals surface area contributed by atoms with Crippen LogP contribution < -0.4 is 5.32 Å². The zero-order chi connectivity index (χ0) is 17.1. The zero-order valence-corrected chi connectivity index (χ0v) is 19.2. The van der Waals surface area contributed by atoms with E-state index in [1.165, 1.54) is 114 Å². The average Bonchev–Trinajstić information content (AvgIpc) is 2.87. The molecule has 1 N–H and O–H groups in total. The Kier molecular flexibility index (Phi) is 20.9. The molecule has 25 heavy (non-hydrogen) atoms. The fourth-order valence-corrected chi connectivity index (χ4v) is 4.16. The third-order valence-corrected chi connectivity index (χ3v) is 5.89. The molecule has 0 radical (unpaired) electrons. The molecule has 0 unspecified atom stereocenters. The van der Waals surface area contributed by atoms with Crippen LogP contribution in [0.3, 0.4) is 0 Å². The number of aliphatic imine (C=N–C) groups is 1. The van der Waals surface area contributed by atoms with E-state index in [-0.39, 0.29) is 17.0 Å². The van der Waals surface area contributed by atoms with Crippen LogP contribution in [0.25, 0.3) is 0 Å². The molecule has 0 aromatic rings. The van der Waals surface area contributed by atoms with Gasteiger partial charge < -0.3 is 5.32 Å². The molecule has 0 aromatic carbocycles. The van der Waals surface area contributed by atoms with Crippen LogP contribution in [-0.4, -0.2) is 24.0 Å². The lowest BCUT2D eigenvalue weighted by molar-refractivity contribution is 0.538. The van der Waals surface area contributed by atoms with Crippen LogP contribution in [0, 0.1) is 0 Å². The average molecular weight is 436 g/mol. The first-order valence-corrected chi connectivity index (χ1v) is 11.8. The summed E-state index contributed by atoms with van der Waals surface area (Å²) in [7, 11) is 0. The summed E-state index contributed by atoms with van der Waals surface area (Å²) in [6.45, 7) is 4.43.